The Morgan fingerprint density at radius 2 is 2.09 bits per heavy atom. The molecule has 22 heavy (non-hydrogen) atoms. The van der Waals surface area contributed by atoms with Gasteiger partial charge >= 0.3 is 5.69 Å². The largest absolute Gasteiger partial charge is 0.368 e. The highest BCUT2D eigenvalue weighted by molar-refractivity contribution is 7.98. The molecule has 3 N–H and O–H groups in total. The number of anilines is 2. The average Bonchev–Trinajstić information content (AvgIpc) is 2.82. The number of thioether (sulfide) groups is 1. The normalized spacial score (nSPS) is 10.9. The Bertz CT molecular complexity index is 680. The van der Waals surface area contributed by atoms with E-state index in [0.717, 1.165) is 12.8 Å². The van der Waals surface area contributed by atoms with Crippen LogP contribution in [0.3, 0.4) is 0 Å². The fourth-order valence-corrected chi connectivity index (χ4v) is 2.57. The fraction of sp³-hybridized carbons (Fsp3) is 0.583. The summed E-state index contributed by atoms with van der Waals surface area (Å²) in [7, 11) is 3.67. The van der Waals surface area contributed by atoms with Gasteiger partial charge in [0.1, 0.15) is 5.82 Å². The first-order valence-corrected chi connectivity index (χ1v) is 7.95. The van der Waals surface area contributed by atoms with Crippen LogP contribution in [0.4, 0.5) is 11.9 Å². The lowest BCUT2D eigenvalue weighted by Crippen LogP contribution is -2.18. The Labute approximate surface area is 132 Å². The Hall–Kier alpha value is -2.10. The van der Waals surface area contributed by atoms with Crippen LogP contribution in [0.5, 0.6) is 0 Å². The molecular weight excluding hydrogens is 304 g/mol. The molecule has 0 fully saturated rings. The van der Waals surface area contributed by atoms with Crippen LogP contribution in [0.2, 0.25) is 0 Å². The van der Waals surface area contributed by atoms with Crippen molar-refractivity contribution in [3.8, 4) is 0 Å². The van der Waals surface area contributed by atoms with Gasteiger partial charge in [-0.3, -0.25) is 4.57 Å². The number of nitrogens with two attached hydrogens (primary N) is 1. The summed E-state index contributed by atoms with van der Waals surface area (Å²) >= 11 is 1.39. The minimum Gasteiger partial charge on any atom is -0.368 e. The molecule has 0 bridgehead atoms. The van der Waals surface area contributed by atoms with Crippen molar-refractivity contribution in [1.29, 1.82) is 0 Å². The summed E-state index contributed by atoms with van der Waals surface area (Å²) in [6, 6.07) is 0. The van der Waals surface area contributed by atoms with E-state index in [-0.39, 0.29) is 11.6 Å². The Morgan fingerprint density at radius 3 is 2.77 bits per heavy atom. The molecule has 0 amide bonds. The van der Waals surface area contributed by atoms with Crippen LogP contribution >= 0.6 is 11.8 Å². The summed E-state index contributed by atoms with van der Waals surface area (Å²) in [4.78, 5) is 26.0. The summed E-state index contributed by atoms with van der Waals surface area (Å²) < 4.78 is 1.63. The molecule has 0 saturated heterocycles. The van der Waals surface area contributed by atoms with Crippen LogP contribution in [-0.4, -0.2) is 43.8 Å². The molecule has 9 nitrogen and oxygen atoms in total. The van der Waals surface area contributed by atoms with E-state index in [9.17, 15) is 4.79 Å². The summed E-state index contributed by atoms with van der Waals surface area (Å²) in [5.74, 6) is 1.70. The van der Waals surface area contributed by atoms with Crippen molar-refractivity contribution in [2.75, 3.05) is 24.7 Å². The fourth-order valence-electron chi connectivity index (χ4n) is 1.75. The molecule has 10 heteroatoms. The molecule has 0 radical (unpaired) electrons. The zero-order valence-corrected chi connectivity index (χ0v) is 13.7. The number of hydrogen-bond acceptors (Lipinski definition) is 8. The first-order chi connectivity index (χ1) is 10.5. The van der Waals surface area contributed by atoms with Gasteiger partial charge in [-0.1, -0.05) is 25.1 Å². The van der Waals surface area contributed by atoms with Crippen molar-refractivity contribution in [1.82, 2.24) is 29.7 Å². The second kappa shape index (κ2) is 7.25. The molecule has 2 aromatic rings. The van der Waals surface area contributed by atoms with Crippen molar-refractivity contribution < 1.29 is 0 Å². The topological polar surface area (TPSA) is 119 Å². The van der Waals surface area contributed by atoms with Gasteiger partial charge in [-0.15, -0.1) is 5.10 Å². The molecule has 0 unspecified atom stereocenters. The van der Waals surface area contributed by atoms with E-state index in [0.29, 0.717) is 29.2 Å². The van der Waals surface area contributed by atoms with Crippen LogP contribution in [0.1, 0.15) is 25.6 Å². The molecule has 0 atom stereocenters. The number of hydrogen-bond donors (Lipinski definition) is 2. The molecule has 120 valence electrons. The summed E-state index contributed by atoms with van der Waals surface area (Å²) in [5, 5.41) is 7.14. The number of aromatic nitrogens is 6. The summed E-state index contributed by atoms with van der Waals surface area (Å²) in [6.07, 6.45) is 1.94. The van der Waals surface area contributed by atoms with E-state index in [4.69, 9.17) is 5.73 Å². The zero-order chi connectivity index (χ0) is 16.1. The van der Waals surface area contributed by atoms with Gasteiger partial charge in [-0.2, -0.15) is 15.0 Å². The predicted octanol–water partition coefficient (Wildman–Crippen LogP) is 0.497. The Kier molecular flexibility index (Phi) is 5.36. The standard InChI is InChI=1S/C12H20N8OS/c1-4-5-6-20-11(21)17-18-12(20)22-7-8-14-9(13)16-10(15-8)19(2)3/h4-7H2,1-3H3,(H,17,21)(H2,13,14,15,16). The van der Waals surface area contributed by atoms with Crippen molar-refractivity contribution in [2.24, 2.45) is 0 Å². The van der Waals surface area contributed by atoms with Gasteiger partial charge in [-0.25, -0.2) is 9.89 Å². The van der Waals surface area contributed by atoms with E-state index in [1.807, 2.05) is 14.1 Å². The van der Waals surface area contributed by atoms with Crippen LogP contribution in [0, 0.1) is 0 Å². The molecule has 2 aromatic heterocycles. The summed E-state index contributed by atoms with van der Waals surface area (Å²) in [5.41, 5.74) is 5.50. The van der Waals surface area contributed by atoms with Crippen LogP contribution in [0.15, 0.2) is 9.95 Å². The van der Waals surface area contributed by atoms with Crippen LogP contribution < -0.4 is 16.3 Å². The summed E-state index contributed by atoms with van der Waals surface area (Å²) in [6.45, 7) is 2.73. The monoisotopic (exact) mass is 324 g/mol. The second-order valence-electron chi connectivity index (χ2n) is 4.91. The third-order valence-corrected chi connectivity index (χ3v) is 3.85. The zero-order valence-electron chi connectivity index (χ0n) is 12.9. The molecular formula is C12H20N8OS. The third-order valence-electron chi connectivity index (χ3n) is 2.88. The van der Waals surface area contributed by atoms with Crippen LogP contribution in [0.25, 0.3) is 0 Å². The highest BCUT2D eigenvalue weighted by Crippen LogP contribution is 2.19. The average molecular weight is 324 g/mol. The number of H-pyrrole nitrogens is 1. The Balaban J connectivity index is 2.12. The number of aromatic amines is 1. The van der Waals surface area contributed by atoms with Gasteiger partial charge in [0.05, 0.1) is 5.75 Å². The number of nitrogen functional groups attached to an aromatic ring is 1. The smallest absolute Gasteiger partial charge is 0.343 e. The predicted molar refractivity (Wildman–Crippen MR) is 85.9 cm³/mol. The van der Waals surface area contributed by atoms with Gasteiger partial charge in [0.2, 0.25) is 11.9 Å². The second-order valence-corrected chi connectivity index (χ2v) is 5.85. The number of nitrogens with zero attached hydrogens (tertiary/aromatic N) is 6. The van der Waals surface area contributed by atoms with Crippen molar-refractivity contribution in [3.63, 3.8) is 0 Å². The molecule has 0 aliphatic carbocycles. The van der Waals surface area contributed by atoms with E-state index in [2.05, 4.69) is 32.1 Å². The molecule has 0 aromatic carbocycles. The van der Waals surface area contributed by atoms with E-state index in [1.54, 1.807) is 9.47 Å². The molecule has 0 aliphatic heterocycles. The Morgan fingerprint density at radius 1 is 1.32 bits per heavy atom. The first kappa shape index (κ1) is 16.3. The number of nitrogens with one attached hydrogen (secondary N) is 1. The maximum atomic E-state index is 11.7. The number of rotatable bonds is 7. The lowest BCUT2D eigenvalue weighted by atomic mass is 10.3. The van der Waals surface area contributed by atoms with E-state index < -0.39 is 0 Å². The van der Waals surface area contributed by atoms with Crippen molar-refractivity contribution >= 4 is 23.7 Å². The SMILES string of the molecule is CCCCn1c(SCc2nc(N)nc(N(C)C)n2)n[nH]c1=O. The third kappa shape index (κ3) is 3.97. The lowest BCUT2D eigenvalue weighted by Gasteiger charge is -2.11. The maximum Gasteiger partial charge on any atom is 0.343 e. The molecule has 0 saturated carbocycles. The lowest BCUT2D eigenvalue weighted by molar-refractivity contribution is 0.573. The highest BCUT2D eigenvalue weighted by Gasteiger charge is 2.11. The molecule has 0 aliphatic rings. The van der Waals surface area contributed by atoms with Gasteiger partial charge in [-0.05, 0) is 6.42 Å². The van der Waals surface area contributed by atoms with Gasteiger partial charge in [0, 0.05) is 20.6 Å². The van der Waals surface area contributed by atoms with Crippen LogP contribution in [-0.2, 0) is 12.3 Å². The van der Waals surface area contributed by atoms with Gasteiger partial charge in [0.15, 0.2) is 5.16 Å². The van der Waals surface area contributed by atoms with Crippen molar-refractivity contribution in [3.05, 3.63) is 16.3 Å². The maximum absolute atomic E-state index is 11.7. The van der Waals surface area contributed by atoms with E-state index >= 15 is 0 Å². The van der Waals surface area contributed by atoms with Gasteiger partial charge in [0.25, 0.3) is 0 Å². The number of unbranched alkanes of at least 4 members (excludes halogenated alkanes) is 1. The minimum absolute atomic E-state index is 0.180. The van der Waals surface area contributed by atoms with Crippen molar-refractivity contribution in [2.45, 2.75) is 37.2 Å². The first-order valence-electron chi connectivity index (χ1n) is 6.97. The highest BCUT2D eigenvalue weighted by atomic mass is 32.2. The molecule has 2 rings (SSSR count). The molecule has 0 spiro atoms. The quantitative estimate of drug-likeness (QED) is 0.707. The minimum atomic E-state index is -0.194. The van der Waals surface area contributed by atoms with E-state index in [1.165, 1.54) is 11.8 Å². The molecule has 2 heterocycles. The van der Waals surface area contributed by atoms with Gasteiger partial charge < -0.3 is 10.6 Å².